The first-order valence-corrected chi connectivity index (χ1v) is 10.2. The number of carbonyl (C=O) groups excluding carboxylic acids is 2. The quantitative estimate of drug-likeness (QED) is 0.527. The number of benzene rings is 3. The maximum atomic E-state index is 12.9. The molecule has 0 bridgehead atoms. The summed E-state index contributed by atoms with van der Waals surface area (Å²) in [4.78, 5) is 26.1. The third-order valence-electron chi connectivity index (χ3n) is 5.20. The third-order valence-corrected chi connectivity index (χ3v) is 5.20. The van der Waals surface area contributed by atoms with Gasteiger partial charge in [0.15, 0.2) is 12.6 Å². The minimum atomic E-state index is -0.417. The summed E-state index contributed by atoms with van der Waals surface area (Å²) in [5, 5.41) is 5.87. The molecule has 6 nitrogen and oxygen atoms in total. The topological polar surface area (TPSA) is 71.9 Å². The second kappa shape index (κ2) is 10.4. The van der Waals surface area contributed by atoms with Crippen molar-refractivity contribution < 1.29 is 19.2 Å². The largest absolute Gasteiger partial charge is 0.497 e. The average Bonchev–Trinajstić information content (AvgIpc) is 2.79. The monoisotopic (exact) mass is 418 g/mol. The Balaban J connectivity index is 1.62. The van der Waals surface area contributed by atoms with Gasteiger partial charge >= 0.3 is 0 Å². The Morgan fingerprint density at radius 2 is 1.65 bits per heavy atom. The predicted octanol–water partition coefficient (Wildman–Crippen LogP) is 2.84. The first-order chi connectivity index (χ1) is 15.0. The van der Waals surface area contributed by atoms with Crippen LogP contribution in [0, 0.1) is 0 Å². The molecule has 3 N–H and O–H groups in total. The average molecular weight is 419 g/mol. The SMILES string of the molecule is COc1cccc(NC(=O)C[NH+](C)[C@@H](C)C(=O)Nc2ccccc2-c2ccccc2)c1. The Kier molecular flexibility index (Phi) is 7.40. The zero-order chi connectivity index (χ0) is 22.2. The highest BCUT2D eigenvalue weighted by atomic mass is 16.5. The first-order valence-electron chi connectivity index (χ1n) is 10.2. The number of para-hydroxylation sites is 1. The van der Waals surface area contributed by atoms with Crippen LogP contribution in [0.3, 0.4) is 0 Å². The van der Waals surface area contributed by atoms with Gasteiger partial charge in [-0.3, -0.25) is 9.59 Å². The standard InChI is InChI=1S/C25H27N3O3/c1-18(28(2)17-24(29)26-20-12-9-13-21(16-20)31-3)25(30)27-23-15-8-7-14-22(23)19-10-5-4-6-11-19/h4-16,18H,17H2,1-3H3,(H,26,29)(H,27,30)/p+1/t18-/m0/s1. The summed E-state index contributed by atoms with van der Waals surface area (Å²) < 4.78 is 5.18. The van der Waals surface area contributed by atoms with Gasteiger partial charge in [-0.1, -0.05) is 54.6 Å². The highest BCUT2D eigenvalue weighted by Crippen LogP contribution is 2.27. The minimum absolute atomic E-state index is 0.143. The number of quaternary nitrogens is 1. The van der Waals surface area contributed by atoms with Crippen LogP contribution in [0.2, 0.25) is 0 Å². The molecule has 2 atom stereocenters. The molecular weight excluding hydrogens is 390 g/mol. The Hall–Kier alpha value is -3.64. The minimum Gasteiger partial charge on any atom is -0.497 e. The molecule has 160 valence electrons. The maximum absolute atomic E-state index is 12.9. The van der Waals surface area contributed by atoms with Gasteiger partial charge in [-0.05, 0) is 30.7 Å². The van der Waals surface area contributed by atoms with Crippen LogP contribution >= 0.6 is 0 Å². The second-order valence-electron chi connectivity index (χ2n) is 7.43. The smallest absolute Gasteiger partial charge is 0.282 e. The van der Waals surface area contributed by atoms with Crippen molar-refractivity contribution in [1.82, 2.24) is 0 Å². The van der Waals surface area contributed by atoms with Crippen LogP contribution in [0.1, 0.15) is 6.92 Å². The van der Waals surface area contributed by atoms with E-state index in [0.717, 1.165) is 21.7 Å². The van der Waals surface area contributed by atoms with Crippen LogP contribution in [-0.4, -0.2) is 38.6 Å². The molecule has 1 unspecified atom stereocenters. The summed E-state index contributed by atoms with van der Waals surface area (Å²) in [7, 11) is 3.41. The van der Waals surface area contributed by atoms with E-state index in [1.807, 2.05) is 80.7 Å². The molecule has 0 radical (unpaired) electrons. The van der Waals surface area contributed by atoms with Gasteiger partial charge in [0.2, 0.25) is 0 Å². The molecule has 2 amide bonds. The number of rotatable bonds is 8. The van der Waals surface area contributed by atoms with E-state index < -0.39 is 6.04 Å². The molecule has 3 aromatic rings. The Morgan fingerprint density at radius 1 is 0.935 bits per heavy atom. The molecule has 3 rings (SSSR count). The summed E-state index contributed by atoms with van der Waals surface area (Å²) in [6.07, 6.45) is 0. The van der Waals surface area contributed by atoms with E-state index >= 15 is 0 Å². The predicted molar refractivity (Wildman–Crippen MR) is 123 cm³/mol. The lowest BCUT2D eigenvalue weighted by Gasteiger charge is -2.21. The molecule has 6 heteroatoms. The van der Waals surface area contributed by atoms with Crippen molar-refractivity contribution in [2.75, 3.05) is 31.3 Å². The van der Waals surface area contributed by atoms with Crippen molar-refractivity contribution >= 4 is 23.2 Å². The van der Waals surface area contributed by atoms with Crippen molar-refractivity contribution in [1.29, 1.82) is 0 Å². The van der Waals surface area contributed by atoms with Gasteiger partial charge in [-0.15, -0.1) is 0 Å². The molecule has 0 aromatic heterocycles. The lowest BCUT2D eigenvalue weighted by atomic mass is 10.0. The molecule has 0 saturated heterocycles. The zero-order valence-electron chi connectivity index (χ0n) is 18.0. The summed E-state index contributed by atoms with van der Waals surface area (Å²) >= 11 is 0. The number of amides is 2. The highest BCUT2D eigenvalue weighted by Gasteiger charge is 2.24. The van der Waals surface area contributed by atoms with Gasteiger partial charge in [-0.2, -0.15) is 0 Å². The molecule has 0 spiro atoms. The van der Waals surface area contributed by atoms with Crippen LogP contribution in [0.5, 0.6) is 5.75 Å². The lowest BCUT2D eigenvalue weighted by molar-refractivity contribution is -0.885. The van der Waals surface area contributed by atoms with Gasteiger partial charge in [0.1, 0.15) is 5.75 Å². The molecule has 3 aromatic carbocycles. The first kappa shape index (κ1) is 22.1. The molecule has 0 aliphatic carbocycles. The number of anilines is 2. The van der Waals surface area contributed by atoms with Crippen molar-refractivity contribution in [2.45, 2.75) is 13.0 Å². The summed E-state index contributed by atoms with van der Waals surface area (Å²) in [5.41, 5.74) is 3.40. The van der Waals surface area contributed by atoms with E-state index in [1.165, 1.54) is 0 Å². The van der Waals surface area contributed by atoms with Crippen molar-refractivity contribution in [3.8, 4) is 16.9 Å². The molecule has 0 aliphatic rings. The molecular formula is C25H28N3O3+. The maximum Gasteiger partial charge on any atom is 0.282 e. The molecule has 0 saturated carbocycles. The van der Waals surface area contributed by atoms with Gasteiger partial charge in [0.25, 0.3) is 11.8 Å². The van der Waals surface area contributed by atoms with Crippen molar-refractivity contribution in [3.05, 3.63) is 78.9 Å². The number of nitrogens with one attached hydrogen (secondary N) is 3. The summed E-state index contributed by atoms with van der Waals surface area (Å²) in [6.45, 7) is 1.97. The highest BCUT2D eigenvalue weighted by molar-refractivity contribution is 5.98. The van der Waals surface area contributed by atoms with E-state index in [2.05, 4.69) is 10.6 Å². The van der Waals surface area contributed by atoms with Crippen LogP contribution in [0.4, 0.5) is 11.4 Å². The normalized spacial score (nSPS) is 12.5. The van der Waals surface area contributed by atoms with Gasteiger partial charge in [0, 0.05) is 23.0 Å². The van der Waals surface area contributed by atoms with Crippen molar-refractivity contribution in [2.24, 2.45) is 0 Å². The van der Waals surface area contributed by atoms with Crippen LogP contribution in [0.25, 0.3) is 11.1 Å². The molecule has 31 heavy (non-hydrogen) atoms. The summed E-state index contributed by atoms with van der Waals surface area (Å²) in [6, 6.07) is 24.4. The number of methoxy groups -OCH3 is 1. The van der Waals surface area contributed by atoms with Gasteiger partial charge < -0.3 is 20.3 Å². The second-order valence-corrected chi connectivity index (χ2v) is 7.43. The number of ether oxygens (including phenoxy) is 1. The number of carbonyl (C=O) groups is 2. The van der Waals surface area contributed by atoms with Gasteiger partial charge in [-0.25, -0.2) is 0 Å². The fourth-order valence-corrected chi connectivity index (χ4v) is 3.24. The lowest BCUT2D eigenvalue weighted by Crippen LogP contribution is -3.14. The van der Waals surface area contributed by atoms with E-state index in [1.54, 1.807) is 19.2 Å². The zero-order valence-corrected chi connectivity index (χ0v) is 18.0. The van der Waals surface area contributed by atoms with Gasteiger partial charge in [0.05, 0.1) is 14.2 Å². The number of hydrogen-bond acceptors (Lipinski definition) is 3. The van der Waals surface area contributed by atoms with E-state index in [4.69, 9.17) is 4.74 Å². The third kappa shape index (κ3) is 5.93. The van der Waals surface area contributed by atoms with Crippen LogP contribution in [0.15, 0.2) is 78.9 Å². The fraction of sp³-hybridized carbons (Fsp3) is 0.200. The van der Waals surface area contributed by atoms with Crippen LogP contribution < -0.4 is 20.3 Å². The number of likely N-dealkylation sites (N-methyl/N-ethyl adjacent to an activating group) is 1. The van der Waals surface area contributed by atoms with E-state index in [9.17, 15) is 9.59 Å². The molecule has 0 heterocycles. The van der Waals surface area contributed by atoms with Crippen LogP contribution in [-0.2, 0) is 9.59 Å². The summed E-state index contributed by atoms with van der Waals surface area (Å²) in [5.74, 6) is 0.355. The molecule has 0 aliphatic heterocycles. The fourth-order valence-electron chi connectivity index (χ4n) is 3.24. The van der Waals surface area contributed by atoms with Crippen molar-refractivity contribution in [3.63, 3.8) is 0 Å². The number of hydrogen-bond donors (Lipinski definition) is 3. The van der Waals surface area contributed by atoms with E-state index in [0.29, 0.717) is 11.4 Å². The van der Waals surface area contributed by atoms with E-state index in [-0.39, 0.29) is 18.4 Å². The Labute approximate surface area is 182 Å². The Bertz CT molecular complexity index is 1040. The Morgan fingerprint density at radius 3 is 2.39 bits per heavy atom. The molecule has 0 fully saturated rings.